The number of carboxylic acids is 1. The summed E-state index contributed by atoms with van der Waals surface area (Å²) in [4.78, 5) is 26.1. The second kappa shape index (κ2) is 10.6. The Kier molecular flexibility index (Phi) is 7.13. The van der Waals surface area contributed by atoms with Crippen molar-refractivity contribution < 1.29 is 19.8 Å². The van der Waals surface area contributed by atoms with Crippen molar-refractivity contribution in [2.24, 2.45) is 0 Å². The Labute approximate surface area is 205 Å². The average molecular weight is 484 g/mol. The Bertz CT molecular complexity index is 1410. The van der Waals surface area contributed by atoms with Gasteiger partial charge in [0, 0.05) is 28.5 Å². The first-order chi connectivity index (χ1) is 16.9. The largest absolute Gasteiger partial charge is 0.494 e. The van der Waals surface area contributed by atoms with E-state index in [0.717, 1.165) is 34.3 Å². The van der Waals surface area contributed by atoms with Gasteiger partial charge in [0.05, 0.1) is 5.71 Å². The summed E-state index contributed by atoms with van der Waals surface area (Å²) in [7, 11) is 0. The molecule has 7 nitrogen and oxygen atoms in total. The number of hydrogen-bond donors (Lipinski definition) is 4. The lowest BCUT2D eigenvalue weighted by atomic mass is 9.94. The SMILES string of the molecule is N=C(/C(Cc1ccc(C=O)cc1)=C(/O)Nc1nc(C(=O)O)cs1)c1cccc(-c2ccccc2)c1. The van der Waals surface area contributed by atoms with Crippen LogP contribution in [0.25, 0.3) is 11.1 Å². The predicted octanol–water partition coefficient (Wildman–Crippen LogP) is 5.81. The summed E-state index contributed by atoms with van der Waals surface area (Å²) in [5, 5.41) is 33.3. The first-order valence-corrected chi connectivity index (χ1v) is 11.5. The number of benzene rings is 3. The number of aldehydes is 1. The Morgan fingerprint density at radius 3 is 2.34 bits per heavy atom. The number of aliphatic hydroxyl groups is 1. The zero-order valence-corrected chi connectivity index (χ0v) is 19.3. The number of aliphatic hydroxyl groups excluding tert-OH is 1. The molecular formula is C27H21N3O4S. The van der Waals surface area contributed by atoms with E-state index in [1.54, 1.807) is 30.3 Å². The zero-order chi connectivity index (χ0) is 24.8. The van der Waals surface area contributed by atoms with Crippen molar-refractivity contribution in [3.05, 3.63) is 118 Å². The maximum absolute atomic E-state index is 11.2. The van der Waals surface area contributed by atoms with Crippen molar-refractivity contribution in [1.29, 1.82) is 5.41 Å². The molecule has 8 heteroatoms. The second-order valence-electron chi connectivity index (χ2n) is 7.65. The molecule has 0 spiro atoms. The van der Waals surface area contributed by atoms with Gasteiger partial charge in [0.2, 0.25) is 0 Å². The van der Waals surface area contributed by atoms with E-state index in [4.69, 9.17) is 10.5 Å². The molecule has 0 saturated carbocycles. The molecule has 174 valence electrons. The summed E-state index contributed by atoms with van der Waals surface area (Å²) >= 11 is 1.04. The van der Waals surface area contributed by atoms with Crippen LogP contribution in [0.1, 0.15) is 32.0 Å². The number of aromatic carboxylic acids is 1. The van der Waals surface area contributed by atoms with Crippen LogP contribution >= 0.6 is 11.3 Å². The van der Waals surface area contributed by atoms with E-state index in [1.165, 1.54) is 5.38 Å². The van der Waals surface area contributed by atoms with Crippen LogP contribution in [0.3, 0.4) is 0 Å². The molecule has 0 unspecified atom stereocenters. The number of carboxylic acid groups (broad SMARTS) is 1. The number of carbonyl (C=O) groups excluding carboxylic acids is 1. The highest BCUT2D eigenvalue weighted by atomic mass is 32.1. The Hall–Kier alpha value is -4.56. The summed E-state index contributed by atoms with van der Waals surface area (Å²) in [6.07, 6.45) is 0.947. The maximum Gasteiger partial charge on any atom is 0.355 e. The molecule has 1 heterocycles. The smallest absolute Gasteiger partial charge is 0.355 e. The van der Waals surface area contributed by atoms with Crippen molar-refractivity contribution >= 4 is 34.4 Å². The standard InChI is InChI=1S/C27H21N3O4S/c28-24(21-8-4-7-20(14-21)19-5-2-1-3-6-19)22(13-17-9-11-18(15-31)12-10-17)25(32)30-27-29-23(16-35-27)26(33)34/h1-12,14-16,28,32H,13H2,(H,29,30)(H,33,34)/b25-22+,28-24?. The first-order valence-electron chi connectivity index (χ1n) is 10.6. The second-order valence-corrected chi connectivity index (χ2v) is 8.51. The molecule has 0 fully saturated rings. The van der Waals surface area contributed by atoms with Gasteiger partial charge < -0.3 is 15.5 Å². The van der Waals surface area contributed by atoms with E-state index in [2.05, 4.69) is 10.3 Å². The van der Waals surface area contributed by atoms with Crippen LogP contribution in [-0.2, 0) is 6.42 Å². The lowest BCUT2D eigenvalue weighted by Crippen LogP contribution is -2.14. The van der Waals surface area contributed by atoms with Crippen LogP contribution in [0.2, 0.25) is 0 Å². The van der Waals surface area contributed by atoms with Gasteiger partial charge in [-0.1, -0.05) is 72.8 Å². The van der Waals surface area contributed by atoms with E-state index >= 15 is 0 Å². The number of nitrogens with zero attached hydrogens (tertiary/aromatic N) is 1. The van der Waals surface area contributed by atoms with E-state index in [-0.39, 0.29) is 28.8 Å². The highest BCUT2D eigenvalue weighted by molar-refractivity contribution is 7.13. The van der Waals surface area contributed by atoms with Gasteiger partial charge in [0.15, 0.2) is 16.7 Å². The third-order valence-corrected chi connectivity index (χ3v) is 6.05. The van der Waals surface area contributed by atoms with Crippen LogP contribution in [0.4, 0.5) is 5.13 Å². The fourth-order valence-corrected chi connectivity index (χ4v) is 4.16. The molecule has 0 bridgehead atoms. The Morgan fingerprint density at radius 1 is 0.971 bits per heavy atom. The van der Waals surface area contributed by atoms with Crippen LogP contribution < -0.4 is 5.32 Å². The lowest BCUT2D eigenvalue weighted by Gasteiger charge is -2.14. The molecule has 0 atom stereocenters. The van der Waals surface area contributed by atoms with Crippen LogP contribution in [0, 0.1) is 5.41 Å². The fourth-order valence-electron chi connectivity index (χ4n) is 3.47. The minimum absolute atomic E-state index is 0.0993. The van der Waals surface area contributed by atoms with Gasteiger partial charge >= 0.3 is 5.97 Å². The van der Waals surface area contributed by atoms with Crippen molar-refractivity contribution in [2.75, 3.05) is 5.32 Å². The van der Waals surface area contributed by atoms with Gasteiger partial charge in [-0.15, -0.1) is 11.3 Å². The summed E-state index contributed by atoms with van der Waals surface area (Å²) in [6.45, 7) is 0. The van der Waals surface area contributed by atoms with Gasteiger partial charge in [-0.05, 0) is 22.8 Å². The van der Waals surface area contributed by atoms with Crippen molar-refractivity contribution in [2.45, 2.75) is 6.42 Å². The number of hydrogen-bond acceptors (Lipinski definition) is 7. The molecule has 0 radical (unpaired) electrons. The predicted molar refractivity (Wildman–Crippen MR) is 137 cm³/mol. The quantitative estimate of drug-likeness (QED) is 0.135. The molecule has 4 aromatic rings. The number of anilines is 1. The van der Waals surface area contributed by atoms with Gasteiger partial charge in [-0.25, -0.2) is 9.78 Å². The van der Waals surface area contributed by atoms with E-state index in [0.29, 0.717) is 16.7 Å². The normalized spacial score (nSPS) is 11.4. The summed E-state index contributed by atoms with van der Waals surface area (Å²) in [6, 6.07) is 24.1. The van der Waals surface area contributed by atoms with Gasteiger partial charge in [0.25, 0.3) is 0 Å². The minimum Gasteiger partial charge on any atom is -0.494 e. The van der Waals surface area contributed by atoms with Crippen molar-refractivity contribution in [1.82, 2.24) is 4.98 Å². The number of thiazole rings is 1. The van der Waals surface area contributed by atoms with Crippen LogP contribution in [-0.4, -0.2) is 33.2 Å². The number of rotatable bonds is 9. The van der Waals surface area contributed by atoms with E-state index in [1.807, 2.05) is 48.5 Å². The van der Waals surface area contributed by atoms with Gasteiger partial charge in [-0.2, -0.15) is 0 Å². The molecule has 4 N–H and O–H groups in total. The summed E-state index contributed by atoms with van der Waals surface area (Å²) < 4.78 is 0. The zero-order valence-electron chi connectivity index (χ0n) is 18.4. The molecule has 0 aliphatic heterocycles. The molecule has 1 aromatic heterocycles. The molecule has 4 rings (SSSR count). The molecule has 0 saturated heterocycles. The first kappa shape index (κ1) is 23.6. The third kappa shape index (κ3) is 5.69. The third-order valence-electron chi connectivity index (χ3n) is 5.29. The van der Waals surface area contributed by atoms with E-state index < -0.39 is 5.97 Å². The van der Waals surface area contributed by atoms with Crippen LogP contribution in [0.15, 0.2) is 95.7 Å². The number of nitrogens with one attached hydrogen (secondary N) is 2. The minimum atomic E-state index is -1.17. The summed E-state index contributed by atoms with van der Waals surface area (Å²) in [5.41, 5.74) is 4.10. The Morgan fingerprint density at radius 2 is 1.69 bits per heavy atom. The van der Waals surface area contributed by atoms with Crippen molar-refractivity contribution in [3.63, 3.8) is 0 Å². The monoisotopic (exact) mass is 483 g/mol. The molecule has 0 aliphatic rings. The molecule has 0 amide bonds. The summed E-state index contributed by atoms with van der Waals surface area (Å²) in [5.74, 6) is -1.47. The molecular weight excluding hydrogens is 462 g/mol. The van der Waals surface area contributed by atoms with Crippen molar-refractivity contribution in [3.8, 4) is 11.1 Å². The molecule has 35 heavy (non-hydrogen) atoms. The van der Waals surface area contributed by atoms with Gasteiger partial charge in [-0.3, -0.25) is 10.2 Å². The van der Waals surface area contributed by atoms with Crippen LogP contribution in [0.5, 0.6) is 0 Å². The Balaban J connectivity index is 1.71. The highest BCUT2D eigenvalue weighted by Crippen LogP contribution is 2.25. The highest BCUT2D eigenvalue weighted by Gasteiger charge is 2.18. The van der Waals surface area contributed by atoms with E-state index in [9.17, 15) is 14.7 Å². The number of carbonyl (C=O) groups is 2. The molecule has 0 aliphatic carbocycles. The number of aromatic nitrogens is 1. The topological polar surface area (TPSA) is 123 Å². The van der Waals surface area contributed by atoms with Gasteiger partial charge in [0.1, 0.15) is 6.29 Å². The maximum atomic E-state index is 11.2. The average Bonchev–Trinajstić information content (AvgIpc) is 3.36. The molecule has 3 aromatic carbocycles. The lowest BCUT2D eigenvalue weighted by molar-refractivity contribution is 0.0691. The fraction of sp³-hybridized carbons (Fsp3) is 0.0370. The number of allylic oxidation sites excluding steroid dienone is 1.